The van der Waals surface area contributed by atoms with Crippen LogP contribution in [0.25, 0.3) is 0 Å². The summed E-state index contributed by atoms with van der Waals surface area (Å²) in [5.74, 6) is 1.68. The van der Waals surface area contributed by atoms with E-state index in [1.807, 2.05) is 13.8 Å². The maximum absolute atomic E-state index is 10.4. The molecule has 3 heteroatoms. The summed E-state index contributed by atoms with van der Waals surface area (Å²) < 4.78 is 5.67. The summed E-state index contributed by atoms with van der Waals surface area (Å²) in [7, 11) is 0. The van der Waals surface area contributed by atoms with Gasteiger partial charge in [0.1, 0.15) is 0 Å². The zero-order valence-corrected chi connectivity index (χ0v) is 16.1. The van der Waals surface area contributed by atoms with E-state index in [9.17, 15) is 10.2 Å². The smallest absolute Gasteiger partial charge is 0.0875 e. The van der Waals surface area contributed by atoms with Crippen LogP contribution in [0.5, 0.6) is 0 Å². The molecular formula is C21H38O3. The number of fused-ring (bicyclic) bond motifs is 1. The number of hydrogen-bond acceptors (Lipinski definition) is 3. The van der Waals surface area contributed by atoms with Crippen LogP contribution in [0.4, 0.5) is 0 Å². The fourth-order valence-electron chi connectivity index (χ4n) is 5.23. The summed E-state index contributed by atoms with van der Waals surface area (Å²) in [4.78, 5) is 0. The van der Waals surface area contributed by atoms with Crippen LogP contribution in [0, 0.1) is 23.2 Å². The second kappa shape index (κ2) is 8.33. The molecule has 24 heavy (non-hydrogen) atoms. The van der Waals surface area contributed by atoms with Gasteiger partial charge in [0.05, 0.1) is 24.9 Å². The van der Waals surface area contributed by atoms with E-state index in [4.69, 9.17) is 4.74 Å². The maximum Gasteiger partial charge on any atom is 0.0875 e. The van der Waals surface area contributed by atoms with Crippen molar-refractivity contribution in [1.82, 2.24) is 0 Å². The first kappa shape index (κ1) is 19.9. The summed E-state index contributed by atoms with van der Waals surface area (Å²) in [5.41, 5.74) is -0.378. The number of rotatable bonds is 8. The number of hydrogen-bond donors (Lipinski definition) is 2. The molecule has 0 spiro atoms. The van der Waals surface area contributed by atoms with Crippen LogP contribution in [0.1, 0.15) is 72.6 Å². The van der Waals surface area contributed by atoms with Crippen LogP contribution in [0.2, 0.25) is 0 Å². The molecule has 0 bridgehead atoms. The van der Waals surface area contributed by atoms with Crippen molar-refractivity contribution in [2.24, 2.45) is 23.2 Å². The Balaban J connectivity index is 1.83. The van der Waals surface area contributed by atoms with Crippen molar-refractivity contribution < 1.29 is 14.9 Å². The average Bonchev–Trinajstić information content (AvgIpc) is 2.92. The van der Waals surface area contributed by atoms with Gasteiger partial charge in [-0.2, -0.15) is 0 Å². The molecule has 2 N–H and O–H groups in total. The van der Waals surface area contributed by atoms with Gasteiger partial charge in [-0.1, -0.05) is 46.3 Å². The summed E-state index contributed by atoms with van der Waals surface area (Å²) in [6.45, 7) is 9.70. The highest BCUT2D eigenvalue weighted by molar-refractivity contribution is 5.05. The molecule has 2 saturated carbocycles. The zero-order valence-electron chi connectivity index (χ0n) is 16.1. The van der Waals surface area contributed by atoms with Gasteiger partial charge in [-0.25, -0.2) is 0 Å². The quantitative estimate of drug-likeness (QED) is 0.512. The van der Waals surface area contributed by atoms with E-state index >= 15 is 0 Å². The molecule has 0 saturated heterocycles. The summed E-state index contributed by atoms with van der Waals surface area (Å²) in [6, 6.07) is 0. The normalized spacial score (nSPS) is 35.3. The first-order valence-electron chi connectivity index (χ1n) is 10.0. The predicted octanol–water partition coefficient (Wildman–Crippen LogP) is 4.32. The Morgan fingerprint density at radius 2 is 1.96 bits per heavy atom. The lowest BCUT2D eigenvalue weighted by Crippen LogP contribution is -2.41. The fourth-order valence-corrected chi connectivity index (χ4v) is 5.23. The largest absolute Gasteiger partial charge is 0.393 e. The topological polar surface area (TPSA) is 49.7 Å². The highest BCUT2D eigenvalue weighted by atomic mass is 16.5. The van der Waals surface area contributed by atoms with E-state index in [2.05, 4.69) is 26.0 Å². The van der Waals surface area contributed by atoms with Crippen LogP contribution in [0.15, 0.2) is 12.2 Å². The third-order valence-electron chi connectivity index (χ3n) is 7.14. The molecule has 2 aliphatic carbocycles. The molecule has 0 aromatic carbocycles. The van der Waals surface area contributed by atoms with Crippen LogP contribution in [-0.2, 0) is 4.74 Å². The van der Waals surface area contributed by atoms with Crippen molar-refractivity contribution in [3.63, 3.8) is 0 Å². The molecule has 0 aromatic heterocycles. The standard InChI is InChI=1S/C21H38O3/c1-5-21(23,6-2)15-24-14-8-9-16(3)17-11-12-18-19(22)10-7-13-20(17,18)4/h8-9,16-19,22-23H,5-7,10-15H2,1-4H3/b9-8+/t16?,17-,18+,19+,20-/m1/s1. The minimum atomic E-state index is -0.677. The lowest BCUT2D eigenvalue weighted by molar-refractivity contribution is -0.0447. The molecule has 5 atom stereocenters. The van der Waals surface area contributed by atoms with Gasteiger partial charge in [-0.05, 0) is 61.7 Å². The molecular weight excluding hydrogens is 300 g/mol. The van der Waals surface area contributed by atoms with Crippen molar-refractivity contribution >= 4 is 0 Å². The molecule has 140 valence electrons. The van der Waals surface area contributed by atoms with E-state index in [1.165, 1.54) is 19.3 Å². The average molecular weight is 339 g/mol. The number of aliphatic hydroxyl groups excluding tert-OH is 1. The molecule has 0 aromatic rings. The first-order valence-corrected chi connectivity index (χ1v) is 10.0. The lowest BCUT2D eigenvalue weighted by atomic mass is 9.62. The van der Waals surface area contributed by atoms with Gasteiger partial charge in [0.2, 0.25) is 0 Å². The Kier molecular flexibility index (Phi) is 6.92. The molecule has 2 fully saturated rings. The minimum absolute atomic E-state index is 0.0889. The van der Waals surface area contributed by atoms with Gasteiger partial charge in [-0.3, -0.25) is 0 Å². The van der Waals surface area contributed by atoms with Crippen LogP contribution in [-0.4, -0.2) is 35.1 Å². The minimum Gasteiger partial charge on any atom is -0.393 e. The molecule has 3 nitrogen and oxygen atoms in total. The third kappa shape index (κ3) is 4.23. The maximum atomic E-state index is 10.4. The molecule has 0 radical (unpaired) electrons. The number of ether oxygens (including phenoxy) is 1. The third-order valence-corrected chi connectivity index (χ3v) is 7.14. The first-order chi connectivity index (χ1) is 11.4. The van der Waals surface area contributed by atoms with Crippen molar-refractivity contribution in [1.29, 1.82) is 0 Å². The highest BCUT2D eigenvalue weighted by Crippen LogP contribution is 2.57. The molecule has 0 aliphatic heterocycles. The van der Waals surface area contributed by atoms with Crippen LogP contribution in [0.3, 0.4) is 0 Å². The second-order valence-corrected chi connectivity index (χ2v) is 8.49. The van der Waals surface area contributed by atoms with Gasteiger partial charge < -0.3 is 14.9 Å². The molecule has 2 aliphatic rings. The molecule has 2 rings (SSSR count). The van der Waals surface area contributed by atoms with E-state index in [0.29, 0.717) is 36.4 Å². The Morgan fingerprint density at radius 3 is 2.62 bits per heavy atom. The van der Waals surface area contributed by atoms with Gasteiger partial charge in [0, 0.05) is 0 Å². The zero-order chi connectivity index (χ0) is 17.8. The van der Waals surface area contributed by atoms with Crippen molar-refractivity contribution in [3.05, 3.63) is 12.2 Å². The van der Waals surface area contributed by atoms with Crippen LogP contribution < -0.4 is 0 Å². The number of allylic oxidation sites excluding steroid dienone is 1. The van der Waals surface area contributed by atoms with Crippen molar-refractivity contribution in [3.8, 4) is 0 Å². The van der Waals surface area contributed by atoms with Crippen molar-refractivity contribution in [2.45, 2.75) is 84.3 Å². The van der Waals surface area contributed by atoms with E-state index in [-0.39, 0.29) is 6.10 Å². The summed E-state index contributed by atoms with van der Waals surface area (Å²) >= 11 is 0. The molecule has 0 amide bonds. The molecule has 0 heterocycles. The Bertz CT molecular complexity index is 415. The predicted molar refractivity (Wildman–Crippen MR) is 98.8 cm³/mol. The summed E-state index contributed by atoms with van der Waals surface area (Å²) in [5, 5.41) is 20.6. The van der Waals surface area contributed by atoms with Crippen LogP contribution >= 0.6 is 0 Å². The Labute approximate surface area is 148 Å². The lowest BCUT2D eigenvalue weighted by Gasteiger charge is -2.44. The SMILES string of the molecule is CCC(O)(CC)COC/C=C/C(C)[C@H]1CC[C@H]2[C@@H](O)CCC[C@]12C. The van der Waals surface area contributed by atoms with Gasteiger partial charge in [-0.15, -0.1) is 0 Å². The van der Waals surface area contributed by atoms with E-state index in [1.54, 1.807) is 0 Å². The van der Waals surface area contributed by atoms with E-state index in [0.717, 1.165) is 25.7 Å². The Hall–Kier alpha value is -0.380. The Morgan fingerprint density at radius 1 is 1.25 bits per heavy atom. The van der Waals surface area contributed by atoms with Gasteiger partial charge in [0.15, 0.2) is 0 Å². The molecule has 1 unspecified atom stereocenters. The highest BCUT2D eigenvalue weighted by Gasteiger charge is 2.51. The number of aliphatic hydroxyl groups is 2. The second-order valence-electron chi connectivity index (χ2n) is 8.49. The van der Waals surface area contributed by atoms with Gasteiger partial charge >= 0.3 is 0 Å². The monoisotopic (exact) mass is 338 g/mol. The fraction of sp³-hybridized carbons (Fsp3) is 0.905. The summed E-state index contributed by atoms with van der Waals surface area (Å²) in [6.07, 6.45) is 11.6. The van der Waals surface area contributed by atoms with Crippen molar-refractivity contribution in [2.75, 3.05) is 13.2 Å². The van der Waals surface area contributed by atoms with Gasteiger partial charge in [0.25, 0.3) is 0 Å². The van der Waals surface area contributed by atoms with E-state index < -0.39 is 5.60 Å².